The molecule has 0 spiro atoms. The predicted molar refractivity (Wildman–Crippen MR) is 86.8 cm³/mol. The highest BCUT2D eigenvalue weighted by molar-refractivity contribution is 7.18. The number of nitrogens with zero attached hydrogens (tertiary/aromatic N) is 2. The lowest BCUT2D eigenvalue weighted by Crippen LogP contribution is -2.48. The molecule has 0 amide bonds. The number of benzene rings is 1. The van der Waals surface area contributed by atoms with Crippen LogP contribution in [0.5, 0.6) is 0 Å². The molecule has 1 aromatic heterocycles. The molecule has 0 aliphatic carbocycles. The highest BCUT2D eigenvalue weighted by Crippen LogP contribution is 2.27. The summed E-state index contributed by atoms with van der Waals surface area (Å²) in [5.41, 5.74) is 0.204. The molecule has 1 aromatic carbocycles. The fraction of sp³-hybridized carbons (Fsp3) is 0.467. The Morgan fingerprint density at radius 1 is 1.48 bits per heavy atom. The van der Waals surface area contributed by atoms with E-state index in [1.165, 1.54) is 0 Å². The summed E-state index contributed by atoms with van der Waals surface area (Å²) in [6, 6.07) is 5.68. The van der Waals surface area contributed by atoms with Gasteiger partial charge in [-0.2, -0.15) is 0 Å². The van der Waals surface area contributed by atoms with Crippen LogP contribution in [0, 0.1) is 0 Å². The zero-order chi connectivity index (χ0) is 15.6. The van der Waals surface area contributed by atoms with Crippen molar-refractivity contribution in [3.8, 4) is 0 Å². The quantitative estimate of drug-likeness (QED) is 0.785. The van der Waals surface area contributed by atoms with Crippen molar-refractivity contribution >= 4 is 39.1 Å². The number of carbonyl (C=O) groups is 1. The average molecular weight is 327 g/mol. The number of carbonyl (C=O) groups excluding carboxylic acids is 1. The molecule has 0 fully saturated rings. The van der Waals surface area contributed by atoms with E-state index in [0.29, 0.717) is 18.2 Å². The van der Waals surface area contributed by atoms with Gasteiger partial charge < -0.3 is 4.74 Å². The van der Waals surface area contributed by atoms with E-state index < -0.39 is 5.54 Å². The third-order valence-electron chi connectivity index (χ3n) is 3.50. The fourth-order valence-electron chi connectivity index (χ4n) is 1.88. The van der Waals surface area contributed by atoms with Crippen molar-refractivity contribution in [3.63, 3.8) is 0 Å². The molecular weight excluding hydrogens is 308 g/mol. The average Bonchev–Trinajstić information content (AvgIpc) is 2.80. The van der Waals surface area contributed by atoms with Gasteiger partial charge in [-0.05, 0) is 46.0 Å². The van der Waals surface area contributed by atoms with Gasteiger partial charge in [-0.15, -0.1) is 11.3 Å². The Morgan fingerprint density at radius 2 is 2.19 bits per heavy atom. The maximum atomic E-state index is 12.0. The van der Waals surface area contributed by atoms with E-state index in [4.69, 9.17) is 16.3 Å². The van der Waals surface area contributed by atoms with Crippen LogP contribution in [0.1, 0.15) is 25.8 Å². The number of thiazole rings is 1. The minimum Gasteiger partial charge on any atom is -0.465 e. The normalized spacial score (nSPS) is 12.1. The molecule has 2 rings (SSSR count). The molecule has 0 radical (unpaired) electrons. The first-order valence-corrected chi connectivity index (χ1v) is 7.97. The van der Waals surface area contributed by atoms with Gasteiger partial charge in [0.2, 0.25) is 0 Å². The van der Waals surface area contributed by atoms with Gasteiger partial charge in [-0.25, -0.2) is 4.98 Å². The molecule has 4 nitrogen and oxygen atoms in total. The van der Waals surface area contributed by atoms with Crippen molar-refractivity contribution in [1.82, 2.24) is 9.88 Å². The van der Waals surface area contributed by atoms with Crippen LogP contribution in [0.25, 0.3) is 10.2 Å². The lowest BCUT2D eigenvalue weighted by molar-refractivity contribution is -0.155. The number of halogens is 1. The molecule has 21 heavy (non-hydrogen) atoms. The molecule has 2 aromatic rings. The van der Waals surface area contributed by atoms with Crippen LogP contribution in [0.3, 0.4) is 0 Å². The zero-order valence-corrected chi connectivity index (χ0v) is 14.2. The van der Waals surface area contributed by atoms with Crippen LogP contribution < -0.4 is 0 Å². The van der Waals surface area contributed by atoms with Gasteiger partial charge in [0, 0.05) is 5.02 Å². The second-order valence-corrected chi connectivity index (χ2v) is 6.91. The van der Waals surface area contributed by atoms with Gasteiger partial charge in [0.25, 0.3) is 0 Å². The topological polar surface area (TPSA) is 42.4 Å². The third kappa shape index (κ3) is 3.54. The Bertz CT molecular complexity index is 654. The Kier molecular flexibility index (Phi) is 4.86. The summed E-state index contributed by atoms with van der Waals surface area (Å²) in [7, 11) is 1.90. The summed E-state index contributed by atoms with van der Waals surface area (Å²) in [6.07, 6.45) is 0. The first-order chi connectivity index (χ1) is 9.84. The second kappa shape index (κ2) is 6.30. The lowest BCUT2D eigenvalue weighted by Gasteiger charge is -2.32. The summed E-state index contributed by atoms with van der Waals surface area (Å²) in [5.74, 6) is -0.225. The first-order valence-electron chi connectivity index (χ1n) is 6.78. The van der Waals surface area contributed by atoms with E-state index in [-0.39, 0.29) is 5.97 Å². The Morgan fingerprint density at radius 3 is 2.86 bits per heavy atom. The molecule has 0 atom stereocenters. The Balaban J connectivity index is 2.17. The second-order valence-electron chi connectivity index (χ2n) is 5.36. The standard InChI is InChI=1S/C15H19ClN2O2S/c1-5-20-14(19)15(2,3)18(4)9-13-17-11-8-10(16)6-7-12(11)21-13/h6-8H,5,9H2,1-4H3. The SMILES string of the molecule is CCOC(=O)C(C)(C)N(C)Cc1nc2cc(Cl)ccc2s1. The first kappa shape index (κ1) is 16.2. The molecule has 0 saturated carbocycles. The molecule has 0 aliphatic rings. The van der Waals surface area contributed by atoms with Crippen LogP contribution in [0.2, 0.25) is 5.02 Å². The number of rotatable bonds is 5. The highest BCUT2D eigenvalue weighted by Gasteiger charge is 2.34. The van der Waals surface area contributed by atoms with Crippen molar-refractivity contribution in [3.05, 3.63) is 28.2 Å². The third-order valence-corrected chi connectivity index (χ3v) is 4.75. The van der Waals surface area contributed by atoms with Crippen molar-refractivity contribution < 1.29 is 9.53 Å². The van der Waals surface area contributed by atoms with Crippen molar-refractivity contribution in [2.45, 2.75) is 32.9 Å². The van der Waals surface area contributed by atoms with Crippen LogP contribution in [-0.4, -0.2) is 35.0 Å². The Labute approximate surface area is 133 Å². The summed E-state index contributed by atoms with van der Waals surface area (Å²) in [6.45, 7) is 6.49. The smallest absolute Gasteiger partial charge is 0.325 e. The van der Waals surface area contributed by atoms with Gasteiger partial charge in [0.15, 0.2) is 0 Å². The van der Waals surface area contributed by atoms with Crippen molar-refractivity contribution in [2.24, 2.45) is 0 Å². The maximum absolute atomic E-state index is 12.0. The monoisotopic (exact) mass is 326 g/mol. The maximum Gasteiger partial charge on any atom is 0.325 e. The van der Waals surface area contributed by atoms with Crippen LogP contribution >= 0.6 is 22.9 Å². The minimum atomic E-state index is -0.689. The van der Waals surface area contributed by atoms with Crippen LogP contribution in [0.4, 0.5) is 0 Å². The number of hydrogen-bond acceptors (Lipinski definition) is 5. The van der Waals surface area contributed by atoms with E-state index in [1.807, 2.05) is 50.9 Å². The van der Waals surface area contributed by atoms with Gasteiger partial charge >= 0.3 is 5.97 Å². The number of hydrogen-bond donors (Lipinski definition) is 0. The largest absolute Gasteiger partial charge is 0.465 e. The molecule has 0 unspecified atom stereocenters. The molecule has 0 saturated heterocycles. The van der Waals surface area contributed by atoms with E-state index >= 15 is 0 Å². The van der Waals surface area contributed by atoms with Gasteiger partial charge in [-0.3, -0.25) is 9.69 Å². The number of fused-ring (bicyclic) bond motifs is 1. The zero-order valence-electron chi connectivity index (χ0n) is 12.6. The van der Waals surface area contributed by atoms with Crippen molar-refractivity contribution in [1.29, 1.82) is 0 Å². The lowest BCUT2D eigenvalue weighted by atomic mass is 10.0. The van der Waals surface area contributed by atoms with E-state index in [9.17, 15) is 4.79 Å². The number of likely N-dealkylation sites (N-methyl/N-ethyl adjacent to an activating group) is 1. The van der Waals surface area contributed by atoms with E-state index in [0.717, 1.165) is 15.2 Å². The molecule has 0 N–H and O–H groups in total. The van der Waals surface area contributed by atoms with Crippen molar-refractivity contribution in [2.75, 3.05) is 13.7 Å². The summed E-state index contributed by atoms with van der Waals surface area (Å²) in [4.78, 5) is 18.5. The predicted octanol–water partition coefficient (Wildman–Crippen LogP) is 3.72. The van der Waals surface area contributed by atoms with E-state index in [1.54, 1.807) is 11.3 Å². The minimum absolute atomic E-state index is 0.225. The molecule has 0 bridgehead atoms. The molecular formula is C15H19ClN2O2S. The number of ether oxygens (including phenoxy) is 1. The number of aromatic nitrogens is 1. The molecule has 1 heterocycles. The van der Waals surface area contributed by atoms with Gasteiger partial charge in [-0.1, -0.05) is 11.6 Å². The molecule has 0 aliphatic heterocycles. The van der Waals surface area contributed by atoms with E-state index in [2.05, 4.69) is 4.98 Å². The Hall–Kier alpha value is -1.17. The molecule has 114 valence electrons. The van der Waals surface area contributed by atoms with Crippen LogP contribution in [-0.2, 0) is 16.1 Å². The van der Waals surface area contributed by atoms with Gasteiger partial charge in [0.05, 0.1) is 23.4 Å². The summed E-state index contributed by atoms with van der Waals surface area (Å²) >= 11 is 7.59. The number of esters is 1. The van der Waals surface area contributed by atoms with Gasteiger partial charge in [0.1, 0.15) is 10.5 Å². The molecule has 6 heteroatoms. The highest BCUT2D eigenvalue weighted by atomic mass is 35.5. The fourth-order valence-corrected chi connectivity index (χ4v) is 3.05. The summed E-state index contributed by atoms with van der Waals surface area (Å²) < 4.78 is 6.22. The van der Waals surface area contributed by atoms with Crippen LogP contribution in [0.15, 0.2) is 18.2 Å². The summed E-state index contributed by atoms with van der Waals surface area (Å²) in [5, 5.41) is 1.63.